The number of carbonyl (C=O) groups excluding carboxylic acids is 2. The van der Waals surface area contributed by atoms with Crippen LogP contribution in [0.1, 0.15) is 18.4 Å². The highest BCUT2D eigenvalue weighted by Gasteiger charge is 2.29. The van der Waals surface area contributed by atoms with E-state index in [1.54, 1.807) is 16.2 Å². The molecule has 144 valence electrons. The maximum atomic E-state index is 12.6. The van der Waals surface area contributed by atoms with Crippen LogP contribution in [0.4, 0.5) is 10.5 Å². The molecule has 0 bridgehead atoms. The van der Waals surface area contributed by atoms with E-state index in [9.17, 15) is 9.59 Å². The van der Waals surface area contributed by atoms with Crippen LogP contribution in [0, 0.1) is 5.92 Å². The van der Waals surface area contributed by atoms with Crippen molar-refractivity contribution in [3.63, 3.8) is 0 Å². The highest BCUT2D eigenvalue weighted by molar-refractivity contribution is 7.17. The van der Waals surface area contributed by atoms with Gasteiger partial charge in [0.25, 0.3) is 0 Å². The van der Waals surface area contributed by atoms with Gasteiger partial charge in [0.15, 0.2) is 0 Å². The molecule has 3 aromatic rings. The summed E-state index contributed by atoms with van der Waals surface area (Å²) in [4.78, 5) is 26.8. The van der Waals surface area contributed by atoms with Crippen LogP contribution in [0.3, 0.4) is 0 Å². The molecule has 28 heavy (non-hydrogen) atoms. The number of nitrogens with one attached hydrogen (secondary N) is 1. The van der Waals surface area contributed by atoms with Crippen LogP contribution < -0.4 is 5.32 Å². The summed E-state index contributed by atoms with van der Waals surface area (Å²) in [6, 6.07) is 17.3. The Balaban J connectivity index is 1.33. The third-order valence-corrected chi connectivity index (χ3v) is 6.01. The molecule has 0 radical (unpaired) electrons. The zero-order chi connectivity index (χ0) is 19.3. The number of ether oxygens (including phenoxy) is 1. The normalized spacial score (nSPS) is 16.7. The molecule has 5 nitrogen and oxygen atoms in total. The third-order valence-electron chi connectivity index (χ3n) is 5.00. The summed E-state index contributed by atoms with van der Waals surface area (Å²) < 4.78 is 6.78. The number of urea groups is 1. The average Bonchev–Trinajstić information content (AvgIpc) is 3.16. The minimum atomic E-state index is -0.278. The molecule has 0 spiro atoms. The van der Waals surface area contributed by atoms with Gasteiger partial charge < -0.3 is 15.0 Å². The van der Waals surface area contributed by atoms with Crippen molar-refractivity contribution in [3.05, 3.63) is 65.5 Å². The SMILES string of the molecule is O=C(OCc1csc2ccccc12)C1CCCN(C(=O)Nc2ccccc2)C1. The maximum absolute atomic E-state index is 12.6. The van der Waals surface area contributed by atoms with Crippen molar-refractivity contribution in [3.8, 4) is 0 Å². The lowest BCUT2D eigenvalue weighted by atomic mass is 9.98. The van der Waals surface area contributed by atoms with Crippen molar-refractivity contribution >= 4 is 39.1 Å². The Hall–Kier alpha value is -2.86. The fraction of sp³-hybridized carbons (Fsp3) is 0.273. The lowest BCUT2D eigenvalue weighted by Gasteiger charge is -2.31. The number of rotatable bonds is 4. The number of esters is 1. The van der Waals surface area contributed by atoms with Gasteiger partial charge in [0, 0.05) is 29.0 Å². The first-order valence-electron chi connectivity index (χ1n) is 9.43. The monoisotopic (exact) mass is 394 g/mol. The van der Waals surface area contributed by atoms with Gasteiger partial charge in [-0.2, -0.15) is 0 Å². The molecule has 6 heteroatoms. The van der Waals surface area contributed by atoms with Gasteiger partial charge >= 0.3 is 12.0 Å². The topological polar surface area (TPSA) is 58.6 Å². The summed E-state index contributed by atoms with van der Waals surface area (Å²) >= 11 is 1.65. The lowest BCUT2D eigenvalue weighted by Crippen LogP contribution is -2.44. The van der Waals surface area contributed by atoms with E-state index < -0.39 is 0 Å². The lowest BCUT2D eigenvalue weighted by molar-refractivity contribution is -0.151. The largest absolute Gasteiger partial charge is 0.460 e. The second-order valence-corrected chi connectivity index (χ2v) is 7.86. The number of likely N-dealkylation sites (tertiary alicyclic amines) is 1. The summed E-state index contributed by atoms with van der Waals surface area (Å²) in [5.41, 5.74) is 1.78. The Kier molecular flexibility index (Phi) is 5.58. The quantitative estimate of drug-likeness (QED) is 0.641. The first-order chi connectivity index (χ1) is 13.7. The number of hydrogen-bond donors (Lipinski definition) is 1. The highest BCUT2D eigenvalue weighted by Crippen LogP contribution is 2.27. The van der Waals surface area contributed by atoms with Gasteiger partial charge in [-0.15, -0.1) is 11.3 Å². The second-order valence-electron chi connectivity index (χ2n) is 6.95. The van der Waals surface area contributed by atoms with Gasteiger partial charge in [0.2, 0.25) is 0 Å². The van der Waals surface area contributed by atoms with E-state index in [4.69, 9.17) is 4.74 Å². The molecule has 1 N–H and O–H groups in total. The molecule has 1 fully saturated rings. The van der Waals surface area contributed by atoms with Crippen molar-refractivity contribution in [1.29, 1.82) is 0 Å². The van der Waals surface area contributed by atoms with E-state index >= 15 is 0 Å². The Morgan fingerprint density at radius 2 is 1.89 bits per heavy atom. The minimum Gasteiger partial charge on any atom is -0.460 e. The van der Waals surface area contributed by atoms with Crippen molar-refractivity contribution in [1.82, 2.24) is 4.90 Å². The predicted octanol–water partition coefficient (Wildman–Crippen LogP) is 4.89. The van der Waals surface area contributed by atoms with Crippen LogP contribution in [0.15, 0.2) is 60.0 Å². The van der Waals surface area contributed by atoms with Gasteiger partial charge in [0.05, 0.1) is 5.92 Å². The van der Waals surface area contributed by atoms with Gasteiger partial charge in [-0.05, 0) is 41.8 Å². The summed E-state index contributed by atoms with van der Waals surface area (Å²) in [7, 11) is 0. The number of anilines is 1. The number of benzene rings is 2. The third kappa shape index (κ3) is 4.17. The molecular formula is C22H22N2O3S. The summed E-state index contributed by atoms with van der Waals surface area (Å²) in [6.07, 6.45) is 1.54. The molecule has 2 aromatic carbocycles. The minimum absolute atomic E-state index is 0.174. The molecule has 1 aromatic heterocycles. The maximum Gasteiger partial charge on any atom is 0.321 e. The molecule has 1 saturated heterocycles. The second kappa shape index (κ2) is 8.44. The van der Waals surface area contributed by atoms with E-state index in [1.165, 1.54) is 4.70 Å². The first-order valence-corrected chi connectivity index (χ1v) is 10.3. The average molecular weight is 394 g/mol. The van der Waals surface area contributed by atoms with E-state index in [2.05, 4.69) is 11.4 Å². The van der Waals surface area contributed by atoms with Crippen LogP contribution in [0.5, 0.6) is 0 Å². The molecule has 1 atom stereocenters. The molecule has 1 aliphatic heterocycles. The van der Waals surface area contributed by atoms with E-state index in [0.29, 0.717) is 13.1 Å². The van der Waals surface area contributed by atoms with Crippen LogP contribution in [-0.4, -0.2) is 30.0 Å². The van der Waals surface area contributed by atoms with E-state index in [1.807, 2.05) is 53.9 Å². The number of hydrogen-bond acceptors (Lipinski definition) is 4. The Morgan fingerprint density at radius 1 is 1.11 bits per heavy atom. The van der Waals surface area contributed by atoms with Crippen molar-refractivity contribution in [2.24, 2.45) is 5.92 Å². The van der Waals surface area contributed by atoms with Crippen molar-refractivity contribution in [2.45, 2.75) is 19.4 Å². The van der Waals surface area contributed by atoms with E-state index in [-0.39, 0.29) is 24.5 Å². The smallest absolute Gasteiger partial charge is 0.321 e. The molecule has 2 amide bonds. The molecule has 0 saturated carbocycles. The fourth-order valence-electron chi connectivity index (χ4n) is 3.49. The standard InChI is InChI=1S/C22H22N2O3S/c25-21(27-14-17-15-28-20-11-5-4-10-19(17)20)16-7-6-12-24(13-16)22(26)23-18-8-2-1-3-9-18/h1-5,8-11,15-16H,6-7,12-14H2,(H,23,26). The van der Waals surface area contributed by atoms with Gasteiger partial charge in [-0.25, -0.2) is 4.79 Å². The first kappa shape index (κ1) is 18.5. The Morgan fingerprint density at radius 3 is 2.75 bits per heavy atom. The zero-order valence-corrected chi connectivity index (χ0v) is 16.3. The van der Waals surface area contributed by atoms with Crippen LogP contribution in [-0.2, 0) is 16.1 Å². The van der Waals surface area contributed by atoms with Crippen LogP contribution >= 0.6 is 11.3 Å². The number of para-hydroxylation sites is 1. The zero-order valence-electron chi connectivity index (χ0n) is 15.5. The molecule has 0 aliphatic carbocycles. The highest BCUT2D eigenvalue weighted by atomic mass is 32.1. The Bertz CT molecular complexity index is 970. The predicted molar refractivity (Wildman–Crippen MR) is 111 cm³/mol. The van der Waals surface area contributed by atoms with E-state index in [0.717, 1.165) is 29.5 Å². The summed E-state index contributed by atoms with van der Waals surface area (Å²) in [5, 5.41) is 6.05. The molecule has 4 rings (SSSR count). The number of thiophene rings is 1. The number of piperidine rings is 1. The number of fused-ring (bicyclic) bond motifs is 1. The molecule has 1 aliphatic rings. The number of nitrogens with zero attached hydrogens (tertiary/aromatic N) is 1. The van der Waals surface area contributed by atoms with Gasteiger partial charge in [-0.1, -0.05) is 36.4 Å². The van der Waals surface area contributed by atoms with Crippen LogP contribution in [0.2, 0.25) is 0 Å². The van der Waals surface area contributed by atoms with Crippen molar-refractivity contribution < 1.29 is 14.3 Å². The van der Waals surface area contributed by atoms with Crippen LogP contribution in [0.25, 0.3) is 10.1 Å². The molecule has 2 heterocycles. The number of carbonyl (C=O) groups is 2. The van der Waals surface area contributed by atoms with Crippen molar-refractivity contribution in [2.75, 3.05) is 18.4 Å². The summed E-state index contributed by atoms with van der Waals surface area (Å²) in [6.45, 7) is 1.31. The van der Waals surface area contributed by atoms with Gasteiger partial charge in [-0.3, -0.25) is 4.79 Å². The number of amides is 2. The fourth-order valence-corrected chi connectivity index (χ4v) is 4.44. The van der Waals surface area contributed by atoms with Gasteiger partial charge in [0.1, 0.15) is 6.61 Å². The summed E-state index contributed by atoms with van der Waals surface area (Å²) in [5.74, 6) is -0.507. The molecular weight excluding hydrogens is 372 g/mol. The Labute approximate surface area is 167 Å². The molecule has 1 unspecified atom stereocenters.